The molecular weight excluding hydrogens is 342 g/mol. The Balaban J connectivity index is 2.03. The van der Waals surface area contributed by atoms with Crippen LogP contribution in [-0.4, -0.2) is 8.42 Å². The van der Waals surface area contributed by atoms with E-state index in [1.807, 2.05) is 60.7 Å². The minimum absolute atomic E-state index is 0.0727. The molecule has 0 fully saturated rings. The second-order valence-corrected chi connectivity index (χ2v) is 7.40. The van der Waals surface area contributed by atoms with Gasteiger partial charge in [0, 0.05) is 0 Å². The molecule has 0 saturated carbocycles. The second kappa shape index (κ2) is 7.18. The average Bonchev–Trinajstić information content (AvgIpc) is 2.61. The van der Waals surface area contributed by atoms with E-state index in [0.29, 0.717) is 0 Å². The van der Waals surface area contributed by atoms with Crippen LogP contribution in [0.15, 0.2) is 89.8 Å². The molecular formula is C19H16ClNO2S. The van der Waals surface area contributed by atoms with E-state index in [2.05, 4.69) is 4.72 Å². The lowest BCUT2D eigenvalue weighted by atomic mass is 10.00. The van der Waals surface area contributed by atoms with Gasteiger partial charge in [-0.05, 0) is 23.3 Å². The normalized spacial score (nSPS) is 11.6. The van der Waals surface area contributed by atoms with E-state index in [9.17, 15) is 8.42 Å². The van der Waals surface area contributed by atoms with Crippen molar-refractivity contribution in [2.24, 2.45) is 0 Å². The van der Waals surface area contributed by atoms with Gasteiger partial charge in [-0.3, -0.25) is 0 Å². The second-order valence-electron chi connectivity index (χ2n) is 5.31. The molecule has 0 aliphatic heterocycles. The molecule has 122 valence electrons. The maximum absolute atomic E-state index is 12.8. The molecule has 0 saturated heterocycles. The fourth-order valence-corrected chi connectivity index (χ4v) is 4.23. The summed E-state index contributed by atoms with van der Waals surface area (Å²) in [4.78, 5) is 0.0727. The van der Waals surface area contributed by atoms with E-state index >= 15 is 0 Å². The number of halogens is 1. The van der Waals surface area contributed by atoms with Crippen LogP contribution in [0.25, 0.3) is 0 Å². The lowest BCUT2D eigenvalue weighted by molar-refractivity contribution is 0.572. The standard InChI is InChI=1S/C19H16ClNO2S/c20-17-13-7-8-14-18(17)24(22,23)21-19(15-9-3-1-4-10-15)16-11-5-2-6-12-16/h1-14,19,21H. The Kier molecular flexibility index (Phi) is 5.00. The van der Waals surface area contributed by atoms with Crippen molar-refractivity contribution in [2.75, 3.05) is 0 Å². The Bertz CT molecular complexity index is 873. The lowest BCUT2D eigenvalue weighted by Gasteiger charge is -2.20. The number of benzene rings is 3. The van der Waals surface area contributed by atoms with Gasteiger partial charge in [-0.25, -0.2) is 8.42 Å². The summed E-state index contributed by atoms with van der Waals surface area (Å²) in [6.45, 7) is 0. The number of rotatable bonds is 5. The summed E-state index contributed by atoms with van der Waals surface area (Å²) in [6.07, 6.45) is 0. The van der Waals surface area contributed by atoms with E-state index < -0.39 is 16.1 Å². The molecule has 3 aromatic rings. The van der Waals surface area contributed by atoms with Gasteiger partial charge in [-0.15, -0.1) is 0 Å². The predicted octanol–water partition coefficient (Wildman–Crippen LogP) is 4.41. The van der Waals surface area contributed by atoms with Crippen LogP contribution in [0.2, 0.25) is 5.02 Å². The molecule has 0 aliphatic carbocycles. The van der Waals surface area contributed by atoms with Gasteiger partial charge in [-0.1, -0.05) is 84.4 Å². The molecule has 0 heterocycles. The zero-order chi connectivity index (χ0) is 17.0. The van der Waals surface area contributed by atoms with Crippen LogP contribution in [0.3, 0.4) is 0 Å². The highest BCUT2D eigenvalue weighted by Gasteiger charge is 2.24. The Morgan fingerprint density at radius 3 is 1.67 bits per heavy atom. The minimum atomic E-state index is -3.77. The fourth-order valence-electron chi connectivity index (χ4n) is 2.50. The molecule has 0 amide bonds. The summed E-state index contributed by atoms with van der Waals surface area (Å²) in [5.41, 5.74) is 1.72. The SMILES string of the molecule is O=S(=O)(NC(c1ccccc1)c1ccccc1)c1ccccc1Cl. The number of hydrogen-bond acceptors (Lipinski definition) is 2. The first-order chi connectivity index (χ1) is 11.6. The van der Waals surface area contributed by atoms with Gasteiger partial charge < -0.3 is 0 Å². The van der Waals surface area contributed by atoms with Crippen LogP contribution >= 0.6 is 11.6 Å². The lowest BCUT2D eigenvalue weighted by Crippen LogP contribution is -2.29. The number of hydrogen-bond donors (Lipinski definition) is 1. The summed E-state index contributed by atoms with van der Waals surface area (Å²) in [5.74, 6) is 0. The highest BCUT2D eigenvalue weighted by molar-refractivity contribution is 7.89. The van der Waals surface area contributed by atoms with Crippen molar-refractivity contribution in [1.82, 2.24) is 4.72 Å². The molecule has 3 aromatic carbocycles. The van der Waals surface area contributed by atoms with Crippen LogP contribution in [0.5, 0.6) is 0 Å². The van der Waals surface area contributed by atoms with Gasteiger partial charge in [0.05, 0.1) is 11.1 Å². The smallest absolute Gasteiger partial charge is 0.207 e. The van der Waals surface area contributed by atoms with Crippen LogP contribution in [0.4, 0.5) is 0 Å². The van der Waals surface area contributed by atoms with Crippen molar-refractivity contribution in [3.8, 4) is 0 Å². The zero-order valence-corrected chi connectivity index (χ0v) is 14.3. The van der Waals surface area contributed by atoms with Crippen molar-refractivity contribution in [3.05, 3.63) is 101 Å². The first-order valence-electron chi connectivity index (χ1n) is 7.45. The van der Waals surface area contributed by atoms with Gasteiger partial charge >= 0.3 is 0 Å². The van der Waals surface area contributed by atoms with Gasteiger partial charge in [0.15, 0.2) is 0 Å². The number of sulfonamides is 1. The summed E-state index contributed by atoms with van der Waals surface area (Å²) in [7, 11) is -3.77. The minimum Gasteiger partial charge on any atom is -0.207 e. The quantitative estimate of drug-likeness (QED) is 0.735. The van der Waals surface area contributed by atoms with Crippen molar-refractivity contribution < 1.29 is 8.42 Å². The molecule has 1 N–H and O–H groups in total. The van der Waals surface area contributed by atoms with Crippen LogP contribution < -0.4 is 4.72 Å². The van der Waals surface area contributed by atoms with Gasteiger partial charge in [-0.2, -0.15) is 4.72 Å². The summed E-state index contributed by atoms with van der Waals surface area (Å²) < 4.78 is 28.4. The van der Waals surface area contributed by atoms with E-state index in [0.717, 1.165) is 11.1 Å². The van der Waals surface area contributed by atoms with E-state index in [1.54, 1.807) is 18.2 Å². The Morgan fingerprint density at radius 2 is 1.17 bits per heavy atom. The zero-order valence-electron chi connectivity index (χ0n) is 12.8. The molecule has 0 radical (unpaired) electrons. The maximum Gasteiger partial charge on any atom is 0.242 e. The fraction of sp³-hybridized carbons (Fsp3) is 0.0526. The largest absolute Gasteiger partial charge is 0.242 e. The van der Waals surface area contributed by atoms with Crippen molar-refractivity contribution in [3.63, 3.8) is 0 Å². The molecule has 3 rings (SSSR count). The van der Waals surface area contributed by atoms with E-state index in [4.69, 9.17) is 11.6 Å². The van der Waals surface area contributed by atoms with Gasteiger partial charge in [0.2, 0.25) is 10.0 Å². The molecule has 0 aliphatic rings. The molecule has 0 spiro atoms. The third-order valence-corrected chi connectivity index (χ3v) is 5.59. The topological polar surface area (TPSA) is 46.2 Å². The molecule has 0 unspecified atom stereocenters. The van der Waals surface area contributed by atoms with Crippen LogP contribution in [0.1, 0.15) is 17.2 Å². The predicted molar refractivity (Wildman–Crippen MR) is 96.5 cm³/mol. The van der Waals surface area contributed by atoms with E-state index in [1.165, 1.54) is 6.07 Å². The third kappa shape index (κ3) is 3.67. The molecule has 24 heavy (non-hydrogen) atoms. The van der Waals surface area contributed by atoms with E-state index in [-0.39, 0.29) is 9.92 Å². The number of nitrogens with one attached hydrogen (secondary N) is 1. The molecule has 0 aromatic heterocycles. The Labute approximate surface area is 147 Å². The molecule has 0 atom stereocenters. The molecule has 3 nitrogen and oxygen atoms in total. The molecule has 5 heteroatoms. The van der Waals surface area contributed by atoms with Gasteiger partial charge in [0.25, 0.3) is 0 Å². The van der Waals surface area contributed by atoms with Gasteiger partial charge in [0.1, 0.15) is 4.90 Å². The first kappa shape index (κ1) is 16.7. The highest BCUT2D eigenvalue weighted by Crippen LogP contribution is 2.27. The maximum atomic E-state index is 12.8. The third-order valence-electron chi connectivity index (χ3n) is 3.66. The van der Waals surface area contributed by atoms with Crippen LogP contribution in [-0.2, 0) is 10.0 Å². The molecule has 0 bridgehead atoms. The highest BCUT2D eigenvalue weighted by atomic mass is 35.5. The first-order valence-corrected chi connectivity index (χ1v) is 9.31. The Hall–Kier alpha value is -2.14. The monoisotopic (exact) mass is 357 g/mol. The summed E-state index contributed by atoms with van der Waals surface area (Å²) in [6, 6.07) is 24.8. The Morgan fingerprint density at radius 1 is 0.708 bits per heavy atom. The van der Waals surface area contributed by atoms with Crippen molar-refractivity contribution >= 4 is 21.6 Å². The average molecular weight is 358 g/mol. The summed E-state index contributed by atoms with van der Waals surface area (Å²) >= 11 is 6.07. The summed E-state index contributed by atoms with van der Waals surface area (Å²) in [5, 5.41) is 0.199. The van der Waals surface area contributed by atoms with Crippen molar-refractivity contribution in [2.45, 2.75) is 10.9 Å². The van der Waals surface area contributed by atoms with Crippen LogP contribution in [0, 0.1) is 0 Å². The van der Waals surface area contributed by atoms with Crippen molar-refractivity contribution in [1.29, 1.82) is 0 Å².